The van der Waals surface area contributed by atoms with Gasteiger partial charge in [-0.05, 0) is 18.9 Å². The average Bonchev–Trinajstić information content (AvgIpc) is 2.28. The van der Waals surface area contributed by atoms with Crippen LogP contribution in [-0.4, -0.2) is 12.1 Å². The van der Waals surface area contributed by atoms with Crippen LogP contribution in [0.5, 0.6) is 0 Å². The Morgan fingerprint density at radius 3 is 3.17 bits per heavy atom. The number of carbonyl (C=O) groups is 1. The van der Waals surface area contributed by atoms with Gasteiger partial charge in [0.15, 0.2) is 0 Å². The van der Waals surface area contributed by atoms with Crippen molar-refractivity contribution in [3.05, 3.63) is 23.5 Å². The summed E-state index contributed by atoms with van der Waals surface area (Å²) in [5.74, 6) is 0.0575. The van der Waals surface area contributed by atoms with Crippen LogP contribution in [0.2, 0.25) is 0 Å². The Kier molecular flexibility index (Phi) is 1.78. The van der Waals surface area contributed by atoms with E-state index in [1.807, 2.05) is 18.4 Å². The van der Waals surface area contributed by atoms with Crippen LogP contribution in [0.25, 0.3) is 0 Å². The van der Waals surface area contributed by atoms with Crippen molar-refractivity contribution in [1.82, 2.24) is 5.32 Å². The fourth-order valence-corrected chi connectivity index (χ4v) is 1.31. The first-order valence-corrected chi connectivity index (χ1v) is 4.09. The van der Waals surface area contributed by atoms with E-state index in [9.17, 15) is 4.79 Å². The van der Waals surface area contributed by atoms with Gasteiger partial charge < -0.3 is 5.32 Å². The van der Waals surface area contributed by atoms with Crippen molar-refractivity contribution < 1.29 is 4.79 Å². The molecule has 0 bridgehead atoms. The second-order valence-electron chi connectivity index (χ2n) is 2.85. The molecule has 12 heavy (non-hydrogen) atoms. The lowest BCUT2D eigenvalue weighted by Crippen LogP contribution is -2.26. The average molecular weight is 162 g/mol. The molecule has 1 amide bonds. The molecule has 0 saturated heterocycles. The standard InChI is InChI=1S/C9H10N2O/c12-9-5-4-7-8(11-9)3-1-2-6-10-7/h3-4,6H,1-2,5H2,(H,11,12). The van der Waals surface area contributed by atoms with Crippen molar-refractivity contribution in [2.24, 2.45) is 4.99 Å². The van der Waals surface area contributed by atoms with Crippen molar-refractivity contribution in [1.29, 1.82) is 0 Å². The minimum atomic E-state index is 0.0575. The molecule has 0 aliphatic carbocycles. The summed E-state index contributed by atoms with van der Waals surface area (Å²) in [7, 11) is 0. The van der Waals surface area contributed by atoms with Crippen molar-refractivity contribution in [2.45, 2.75) is 19.3 Å². The first-order chi connectivity index (χ1) is 5.86. The Balaban J connectivity index is 2.34. The normalized spacial score (nSPS) is 21.8. The molecule has 3 nitrogen and oxygen atoms in total. The number of hydrogen-bond acceptors (Lipinski definition) is 2. The monoisotopic (exact) mass is 162 g/mol. The zero-order chi connectivity index (χ0) is 8.39. The number of fused-ring (bicyclic) bond motifs is 1. The van der Waals surface area contributed by atoms with E-state index in [2.05, 4.69) is 10.3 Å². The second-order valence-corrected chi connectivity index (χ2v) is 2.85. The largest absolute Gasteiger partial charge is 0.324 e. The molecule has 2 heterocycles. The predicted molar refractivity (Wildman–Crippen MR) is 46.7 cm³/mol. The number of carbonyl (C=O) groups excluding carboxylic acids is 1. The summed E-state index contributed by atoms with van der Waals surface area (Å²) in [5, 5.41) is 2.80. The van der Waals surface area contributed by atoms with Gasteiger partial charge in [0.2, 0.25) is 5.91 Å². The minimum absolute atomic E-state index is 0.0575. The van der Waals surface area contributed by atoms with Gasteiger partial charge in [-0.1, -0.05) is 6.08 Å². The van der Waals surface area contributed by atoms with Gasteiger partial charge in [0.25, 0.3) is 0 Å². The first kappa shape index (κ1) is 7.28. The van der Waals surface area contributed by atoms with E-state index >= 15 is 0 Å². The number of allylic oxidation sites excluding steroid dienone is 1. The highest BCUT2D eigenvalue weighted by Crippen LogP contribution is 2.17. The molecule has 0 saturated carbocycles. The molecule has 0 aromatic rings. The van der Waals surface area contributed by atoms with Gasteiger partial charge in [-0.2, -0.15) is 0 Å². The van der Waals surface area contributed by atoms with Gasteiger partial charge >= 0.3 is 0 Å². The highest BCUT2D eigenvalue weighted by atomic mass is 16.1. The lowest BCUT2D eigenvalue weighted by atomic mass is 10.1. The summed E-state index contributed by atoms with van der Waals surface area (Å²) in [6.07, 6.45) is 8.15. The zero-order valence-corrected chi connectivity index (χ0v) is 6.71. The highest BCUT2D eigenvalue weighted by molar-refractivity contribution is 5.83. The third kappa shape index (κ3) is 1.30. The predicted octanol–water partition coefficient (Wildman–Crippen LogP) is 1.14. The van der Waals surface area contributed by atoms with E-state index in [-0.39, 0.29) is 5.91 Å². The maximum atomic E-state index is 11.0. The van der Waals surface area contributed by atoms with Crippen LogP contribution in [0.15, 0.2) is 28.5 Å². The molecule has 0 spiro atoms. The second kappa shape index (κ2) is 2.93. The number of aliphatic imine (C=N–C) groups is 1. The summed E-state index contributed by atoms with van der Waals surface area (Å²) in [6.45, 7) is 0. The van der Waals surface area contributed by atoms with E-state index in [0.717, 1.165) is 24.2 Å². The fraction of sp³-hybridized carbons (Fsp3) is 0.333. The Hall–Kier alpha value is -1.38. The molecule has 0 unspecified atom stereocenters. The molecule has 1 N–H and O–H groups in total. The van der Waals surface area contributed by atoms with Crippen LogP contribution in [0.4, 0.5) is 0 Å². The molecular formula is C9H10N2O. The van der Waals surface area contributed by atoms with E-state index in [4.69, 9.17) is 0 Å². The van der Waals surface area contributed by atoms with Crippen LogP contribution < -0.4 is 5.32 Å². The lowest BCUT2D eigenvalue weighted by Gasteiger charge is -2.13. The van der Waals surface area contributed by atoms with Crippen LogP contribution >= 0.6 is 0 Å². The van der Waals surface area contributed by atoms with Crippen LogP contribution in [0.3, 0.4) is 0 Å². The minimum Gasteiger partial charge on any atom is -0.324 e. The van der Waals surface area contributed by atoms with E-state index in [0.29, 0.717) is 6.42 Å². The quantitative estimate of drug-likeness (QED) is 0.570. The molecule has 2 rings (SSSR count). The molecule has 0 atom stereocenters. The number of nitrogens with one attached hydrogen (secondary N) is 1. The zero-order valence-electron chi connectivity index (χ0n) is 6.71. The highest BCUT2D eigenvalue weighted by Gasteiger charge is 2.14. The summed E-state index contributed by atoms with van der Waals surface area (Å²) >= 11 is 0. The maximum absolute atomic E-state index is 11.0. The molecule has 0 fully saturated rings. The van der Waals surface area contributed by atoms with E-state index in [1.54, 1.807) is 0 Å². The van der Waals surface area contributed by atoms with Crippen LogP contribution in [0, 0.1) is 0 Å². The number of amides is 1. The van der Waals surface area contributed by atoms with Gasteiger partial charge in [-0.3, -0.25) is 9.79 Å². The van der Waals surface area contributed by atoms with Crippen molar-refractivity contribution >= 4 is 12.1 Å². The molecule has 0 aromatic heterocycles. The molecule has 62 valence electrons. The summed E-state index contributed by atoms with van der Waals surface area (Å²) in [5.41, 5.74) is 1.78. The van der Waals surface area contributed by atoms with Gasteiger partial charge in [-0.15, -0.1) is 0 Å². The number of nitrogens with zero attached hydrogens (tertiary/aromatic N) is 1. The molecule has 0 radical (unpaired) electrons. The molecular weight excluding hydrogens is 152 g/mol. The fourth-order valence-electron chi connectivity index (χ4n) is 1.31. The van der Waals surface area contributed by atoms with Gasteiger partial charge in [0.05, 0.1) is 11.4 Å². The van der Waals surface area contributed by atoms with Crippen molar-refractivity contribution in [3.8, 4) is 0 Å². The molecule has 3 heteroatoms. The molecule has 2 aliphatic rings. The Labute approximate surface area is 70.9 Å². The third-order valence-electron chi connectivity index (χ3n) is 1.91. The maximum Gasteiger partial charge on any atom is 0.228 e. The Morgan fingerprint density at radius 1 is 1.33 bits per heavy atom. The SMILES string of the molecule is O=C1CC=C2N=CCCC=C2N1. The molecule has 0 aromatic carbocycles. The summed E-state index contributed by atoms with van der Waals surface area (Å²) < 4.78 is 0. The van der Waals surface area contributed by atoms with E-state index in [1.165, 1.54) is 0 Å². The van der Waals surface area contributed by atoms with Crippen LogP contribution in [0.1, 0.15) is 19.3 Å². The van der Waals surface area contributed by atoms with Crippen molar-refractivity contribution in [2.75, 3.05) is 0 Å². The smallest absolute Gasteiger partial charge is 0.228 e. The number of rotatable bonds is 0. The Morgan fingerprint density at radius 2 is 2.25 bits per heavy atom. The van der Waals surface area contributed by atoms with Gasteiger partial charge in [0.1, 0.15) is 0 Å². The topological polar surface area (TPSA) is 41.5 Å². The third-order valence-corrected chi connectivity index (χ3v) is 1.91. The van der Waals surface area contributed by atoms with Gasteiger partial charge in [0, 0.05) is 12.6 Å². The number of hydrogen-bond donors (Lipinski definition) is 1. The lowest BCUT2D eigenvalue weighted by molar-refractivity contribution is -0.119. The van der Waals surface area contributed by atoms with Crippen molar-refractivity contribution in [3.63, 3.8) is 0 Å². The van der Waals surface area contributed by atoms with Crippen LogP contribution in [-0.2, 0) is 4.79 Å². The summed E-state index contributed by atoms with van der Waals surface area (Å²) in [6, 6.07) is 0. The molecule has 2 aliphatic heterocycles. The summed E-state index contributed by atoms with van der Waals surface area (Å²) in [4.78, 5) is 15.2. The van der Waals surface area contributed by atoms with E-state index < -0.39 is 0 Å². The van der Waals surface area contributed by atoms with Gasteiger partial charge in [-0.25, -0.2) is 0 Å². The Bertz CT molecular complexity index is 300. The first-order valence-electron chi connectivity index (χ1n) is 4.09.